The molecule has 0 heterocycles. The maximum atomic E-state index is 12.2. The smallest absolute Gasteiger partial charge is 0.410 e. The van der Waals surface area contributed by atoms with Gasteiger partial charge in [0.05, 0.1) is 6.54 Å². The minimum absolute atomic E-state index is 0.286. The molecule has 1 amide bonds. The van der Waals surface area contributed by atoms with Crippen LogP contribution in [0.3, 0.4) is 0 Å². The first-order valence-electron chi connectivity index (χ1n) is 9.91. The van der Waals surface area contributed by atoms with E-state index >= 15 is 0 Å². The number of nitrogens with one attached hydrogen (secondary N) is 2. The Hall–Kier alpha value is -1.54. The second-order valence-electron chi connectivity index (χ2n) is 7.40. The van der Waals surface area contributed by atoms with Crippen molar-refractivity contribution in [3.63, 3.8) is 0 Å². The lowest BCUT2D eigenvalue weighted by molar-refractivity contribution is 0.0264. The molecule has 27 heavy (non-hydrogen) atoms. The van der Waals surface area contributed by atoms with Gasteiger partial charge < -0.3 is 29.9 Å². The summed E-state index contributed by atoms with van der Waals surface area (Å²) in [6.45, 7) is 15.6. The number of nitrogens with zero attached hydrogens (tertiary/aromatic N) is 3. The standard InChI is InChI=1S/C19H41N5O3/c1-8-20-17(21-11-14-23(6)13-10-16-26-7)22-12-15-24(9-2)18(25)27-19(3,4)5/h8-16H2,1-7H3,(H2,20,21,22). The first kappa shape index (κ1) is 25.5. The van der Waals surface area contributed by atoms with E-state index in [1.54, 1.807) is 12.0 Å². The summed E-state index contributed by atoms with van der Waals surface area (Å²) in [6.07, 6.45) is 0.735. The van der Waals surface area contributed by atoms with E-state index in [-0.39, 0.29) is 6.09 Å². The third kappa shape index (κ3) is 14.2. The first-order valence-corrected chi connectivity index (χ1v) is 9.91. The third-order valence-electron chi connectivity index (χ3n) is 3.69. The number of methoxy groups -OCH3 is 1. The number of rotatable bonds is 12. The van der Waals surface area contributed by atoms with Crippen molar-refractivity contribution in [3.05, 3.63) is 0 Å². The molecule has 0 rings (SSSR count). The highest BCUT2D eigenvalue weighted by Crippen LogP contribution is 2.09. The minimum atomic E-state index is -0.483. The summed E-state index contributed by atoms with van der Waals surface area (Å²) in [5.74, 6) is 0.767. The van der Waals surface area contributed by atoms with Gasteiger partial charge in [-0.05, 0) is 48.1 Å². The summed E-state index contributed by atoms with van der Waals surface area (Å²) >= 11 is 0. The van der Waals surface area contributed by atoms with Crippen molar-refractivity contribution < 1.29 is 14.3 Å². The van der Waals surface area contributed by atoms with E-state index in [1.165, 1.54) is 0 Å². The molecule has 0 aromatic heterocycles. The van der Waals surface area contributed by atoms with Gasteiger partial charge in [-0.25, -0.2) is 4.79 Å². The van der Waals surface area contributed by atoms with Gasteiger partial charge in [0.1, 0.15) is 5.60 Å². The molecular formula is C19H41N5O3. The Bertz CT molecular complexity index is 424. The fraction of sp³-hybridized carbons (Fsp3) is 0.895. The van der Waals surface area contributed by atoms with Crippen molar-refractivity contribution in [2.24, 2.45) is 4.99 Å². The van der Waals surface area contributed by atoms with Crippen LogP contribution in [0.1, 0.15) is 41.0 Å². The monoisotopic (exact) mass is 387 g/mol. The zero-order valence-electron chi connectivity index (χ0n) is 18.4. The summed E-state index contributed by atoms with van der Waals surface area (Å²) in [5.41, 5.74) is -0.483. The Morgan fingerprint density at radius 3 is 2.37 bits per heavy atom. The van der Waals surface area contributed by atoms with Gasteiger partial charge in [-0.1, -0.05) is 0 Å². The van der Waals surface area contributed by atoms with E-state index < -0.39 is 5.60 Å². The predicted octanol–water partition coefficient (Wildman–Crippen LogP) is 1.77. The second-order valence-corrected chi connectivity index (χ2v) is 7.40. The lowest BCUT2D eigenvalue weighted by Crippen LogP contribution is -2.44. The highest BCUT2D eigenvalue weighted by molar-refractivity contribution is 5.79. The molecule has 0 aliphatic heterocycles. The first-order chi connectivity index (χ1) is 12.7. The zero-order valence-corrected chi connectivity index (χ0v) is 18.4. The number of likely N-dealkylation sites (N-methyl/N-ethyl adjacent to an activating group) is 2. The summed E-state index contributed by atoms with van der Waals surface area (Å²) in [7, 11) is 3.81. The molecule has 8 nitrogen and oxygen atoms in total. The van der Waals surface area contributed by atoms with Gasteiger partial charge in [-0.2, -0.15) is 0 Å². The van der Waals surface area contributed by atoms with Gasteiger partial charge in [0.15, 0.2) is 5.96 Å². The van der Waals surface area contributed by atoms with Crippen LogP contribution in [0.2, 0.25) is 0 Å². The van der Waals surface area contributed by atoms with Crippen LogP contribution < -0.4 is 10.6 Å². The molecule has 0 aliphatic rings. The van der Waals surface area contributed by atoms with Gasteiger partial charge >= 0.3 is 6.09 Å². The van der Waals surface area contributed by atoms with Crippen LogP contribution >= 0.6 is 0 Å². The van der Waals surface area contributed by atoms with Crippen LogP contribution in [0.4, 0.5) is 4.79 Å². The molecule has 0 aliphatic carbocycles. The predicted molar refractivity (Wildman–Crippen MR) is 111 cm³/mol. The van der Waals surface area contributed by atoms with Gasteiger partial charge in [0.25, 0.3) is 0 Å². The number of carbonyl (C=O) groups excluding carboxylic acids is 1. The van der Waals surface area contributed by atoms with E-state index in [0.717, 1.165) is 38.6 Å². The SMILES string of the molecule is CCNC(=NCCN(C)CCCOC)NCCN(CC)C(=O)OC(C)(C)C. The van der Waals surface area contributed by atoms with Crippen molar-refractivity contribution >= 4 is 12.1 Å². The van der Waals surface area contributed by atoms with Gasteiger partial charge in [0, 0.05) is 53.0 Å². The van der Waals surface area contributed by atoms with E-state index in [4.69, 9.17) is 9.47 Å². The Morgan fingerprint density at radius 2 is 1.81 bits per heavy atom. The molecule has 2 N–H and O–H groups in total. The summed E-state index contributed by atoms with van der Waals surface area (Å²) in [6, 6.07) is 0. The average molecular weight is 388 g/mol. The molecular weight excluding hydrogens is 346 g/mol. The van der Waals surface area contributed by atoms with Crippen LogP contribution in [-0.4, -0.2) is 94.0 Å². The summed E-state index contributed by atoms with van der Waals surface area (Å²) in [5, 5.41) is 6.51. The number of amides is 1. The third-order valence-corrected chi connectivity index (χ3v) is 3.69. The van der Waals surface area contributed by atoms with Gasteiger partial charge in [-0.3, -0.25) is 4.99 Å². The van der Waals surface area contributed by atoms with E-state index in [0.29, 0.717) is 26.2 Å². The largest absolute Gasteiger partial charge is 0.444 e. The van der Waals surface area contributed by atoms with E-state index in [1.807, 2.05) is 34.6 Å². The van der Waals surface area contributed by atoms with E-state index in [9.17, 15) is 4.79 Å². The number of carbonyl (C=O) groups is 1. The van der Waals surface area contributed by atoms with Crippen molar-refractivity contribution in [3.8, 4) is 0 Å². The second kappa shape index (κ2) is 14.5. The molecule has 0 aromatic rings. The Kier molecular flexibility index (Phi) is 13.7. The van der Waals surface area contributed by atoms with Crippen LogP contribution in [0, 0.1) is 0 Å². The Morgan fingerprint density at radius 1 is 1.11 bits per heavy atom. The molecule has 0 radical (unpaired) electrons. The fourth-order valence-electron chi connectivity index (χ4n) is 2.28. The van der Waals surface area contributed by atoms with Crippen molar-refractivity contribution in [1.29, 1.82) is 0 Å². The number of aliphatic imine (C=N–C) groups is 1. The molecule has 160 valence electrons. The Labute approximate surface area is 165 Å². The fourth-order valence-corrected chi connectivity index (χ4v) is 2.28. The van der Waals surface area contributed by atoms with Crippen LogP contribution in [0.5, 0.6) is 0 Å². The topological polar surface area (TPSA) is 78.4 Å². The van der Waals surface area contributed by atoms with Gasteiger partial charge in [0.2, 0.25) is 0 Å². The molecule has 0 bridgehead atoms. The lowest BCUT2D eigenvalue weighted by Gasteiger charge is -2.26. The van der Waals surface area contributed by atoms with Crippen molar-refractivity contribution in [2.75, 3.05) is 66.6 Å². The van der Waals surface area contributed by atoms with E-state index in [2.05, 4.69) is 27.6 Å². The molecule has 0 saturated heterocycles. The van der Waals surface area contributed by atoms with Crippen LogP contribution in [-0.2, 0) is 9.47 Å². The molecule has 0 unspecified atom stereocenters. The molecule has 0 fully saturated rings. The molecule has 0 saturated carbocycles. The number of ether oxygens (including phenoxy) is 2. The molecule has 0 aromatic carbocycles. The maximum absolute atomic E-state index is 12.2. The molecule has 8 heteroatoms. The summed E-state index contributed by atoms with van der Waals surface area (Å²) in [4.78, 5) is 20.7. The number of hydrogen-bond donors (Lipinski definition) is 2. The van der Waals surface area contributed by atoms with Crippen LogP contribution in [0.25, 0.3) is 0 Å². The molecule has 0 spiro atoms. The zero-order chi connectivity index (χ0) is 20.7. The van der Waals surface area contributed by atoms with Crippen molar-refractivity contribution in [2.45, 2.75) is 46.6 Å². The maximum Gasteiger partial charge on any atom is 0.410 e. The lowest BCUT2D eigenvalue weighted by atomic mass is 10.2. The number of hydrogen-bond acceptors (Lipinski definition) is 5. The normalized spacial score (nSPS) is 12.2. The average Bonchev–Trinajstić information content (AvgIpc) is 2.57. The van der Waals surface area contributed by atoms with Gasteiger partial charge in [-0.15, -0.1) is 0 Å². The number of guanidine groups is 1. The van der Waals surface area contributed by atoms with Crippen LogP contribution in [0.15, 0.2) is 4.99 Å². The highest BCUT2D eigenvalue weighted by Gasteiger charge is 2.20. The Balaban J connectivity index is 4.33. The summed E-state index contributed by atoms with van der Waals surface area (Å²) < 4.78 is 10.5. The van der Waals surface area contributed by atoms with Crippen molar-refractivity contribution in [1.82, 2.24) is 20.4 Å². The minimum Gasteiger partial charge on any atom is -0.444 e. The molecule has 0 atom stereocenters. The highest BCUT2D eigenvalue weighted by atomic mass is 16.6. The quantitative estimate of drug-likeness (QED) is 0.302.